The summed E-state index contributed by atoms with van der Waals surface area (Å²) in [5, 5.41) is 27.1. The molecule has 0 radical (unpaired) electrons. The third kappa shape index (κ3) is 1.54. The minimum atomic E-state index is -1.47. The van der Waals surface area contributed by atoms with E-state index in [2.05, 4.69) is 4.98 Å². The topological polar surface area (TPSA) is 73.6 Å². The van der Waals surface area contributed by atoms with Crippen LogP contribution in [0.2, 0.25) is 0 Å². The van der Waals surface area contributed by atoms with Gasteiger partial charge in [0.1, 0.15) is 0 Å². The molecule has 5 heteroatoms. The van der Waals surface area contributed by atoms with Crippen LogP contribution in [-0.2, 0) is 5.41 Å². The molecule has 0 saturated heterocycles. The van der Waals surface area contributed by atoms with Crippen molar-refractivity contribution in [3.05, 3.63) is 24.0 Å². The van der Waals surface area contributed by atoms with Gasteiger partial charge >= 0.3 is 7.12 Å². The number of aliphatic hydroxyl groups is 1. The van der Waals surface area contributed by atoms with Crippen molar-refractivity contribution in [3.8, 4) is 0 Å². The van der Waals surface area contributed by atoms with Gasteiger partial charge in [-0.25, -0.2) is 0 Å². The van der Waals surface area contributed by atoms with E-state index in [0.717, 1.165) is 18.5 Å². The Morgan fingerprint density at radius 1 is 1.43 bits per heavy atom. The maximum atomic E-state index is 9.17. The molecule has 14 heavy (non-hydrogen) atoms. The predicted octanol–water partition coefficient (Wildman–Crippen LogP) is -1.21. The number of aromatic nitrogens is 1. The molecule has 1 aliphatic rings. The smallest absolute Gasteiger partial charge is 0.423 e. The van der Waals surface area contributed by atoms with Crippen LogP contribution in [0.15, 0.2) is 18.3 Å². The van der Waals surface area contributed by atoms with Gasteiger partial charge in [-0.15, -0.1) is 0 Å². The molecule has 0 bridgehead atoms. The molecule has 1 saturated carbocycles. The molecular formula is C9H12BNO3. The fourth-order valence-corrected chi connectivity index (χ4v) is 1.54. The Kier molecular flexibility index (Phi) is 2.30. The Bertz CT molecular complexity index is 339. The Labute approximate surface area is 82.4 Å². The van der Waals surface area contributed by atoms with Crippen molar-refractivity contribution in [3.63, 3.8) is 0 Å². The number of rotatable bonds is 3. The van der Waals surface area contributed by atoms with E-state index in [0.29, 0.717) is 5.46 Å². The van der Waals surface area contributed by atoms with Gasteiger partial charge < -0.3 is 15.2 Å². The number of aliphatic hydroxyl groups excluding tert-OH is 1. The van der Waals surface area contributed by atoms with E-state index >= 15 is 0 Å². The minimum Gasteiger partial charge on any atom is -0.423 e. The molecule has 4 nitrogen and oxygen atoms in total. The van der Waals surface area contributed by atoms with E-state index in [1.54, 1.807) is 18.3 Å². The van der Waals surface area contributed by atoms with E-state index < -0.39 is 7.12 Å². The molecule has 74 valence electrons. The first-order valence-corrected chi connectivity index (χ1v) is 4.61. The lowest BCUT2D eigenvalue weighted by Gasteiger charge is -2.11. The molecule has 0 aliphatic heterocycles. The van der Waals surface area contributed by atoms with Gasteiger partial charge in [0, 0.05) is 17.3 Å². The third-order valence-corrected chi connectivity index (χ3v) is 2.78. The van der Waals surface area contributed by atoms with E-state index in [1.807, 2.05) is 0 Å². The lowest BCUT2D eigenvalue weighted by molar-refractivity contribution is 0.252. The van der Waals surface area contributed by atoms with E-state index in [9.17, 15) is 5.11 Å². The van der Waals surface area contributed by atoms with Crippen LogP contribution < -0.4 is 5.46 Å². The summed E-state index contributed by atoms with van der Waals surface area (Å²) in [7, 11) is -1.47. The zero-order valence-electron chi connectivity index (χ0n) is 7.72. The van der Waals surface area contributed by atoms with Crippen molar-refractivity contribution in [2.24, 2.45) is 0 Å². The van der Waals surface area contributed by atoms with E-state index in [-0.39, 0.29) is 12.0 Å². The maximum absolute atomic E-state index is 9.17. The van der Waals surface area contributed by atoms with Crippen molar-refractivity contribution in [1.82, 2.24) is 4.98 Å². The fourth-order valence-electron chi connectivity index (χ4n) is 1.54. The number of pyridine rings is 1. The zero-order chi connectivity index (χ0) is 10.2. The third-order valence-electron chi connectivity index (χ3n) is 2.78. The van der Waals surface area contributed by atoms with Crippen LogP contribution in [0, 0.1) is 0 Å². The van der Waals surface area contributed by atoms with Crippen LogP contribution in [0.3, 0.4) is 0 Å². The van der Waals surface area contributed by atoms with E-state index in [1.165, 1.54) is 0 Å². The average molecular weight is 193 g/mol. The van der Waals surface area contributed by atoms with Gasteiger partial charge in [-0.05, 0) is 30.4 Å². The summed E-state index contributed by atoms with van der Waals surface area (Å²) < 4.78 is 0. The van der Waals surface area contributed by atoms with Crippen LogP contribution in [0.4, 0.5) is 0 Å². The van der Waals surface area contributed by atoms with Gasteiger partial charge in [-0.2, -0.15) is 0 Å². The lowest BCUT2D eigenvalue weighted by atomic mass is 9.79. The Morgan fingerprint density at radius 3 is 2.64 bits per heavy atom. The van der Waals surface area contributed by atoms with Crippen LogP contribution in [0.5, 0.6) is 0 Å². The number of nitrogens with zero attached hydrogens (tertiary/aromatic N) is 1. The van der Waals surface area contributed by atoms with Crippen molar-refractivity contribution < 1.29 is 15.2 Å². The number of hydrogen-bond donors (Lipinski definition) is 3. The normalized spacial score (nSPS) is 17.9. The van der Waals surface area contributed by atoms with Crippen LogP contribution in [-0.4, -0.2) is 33.9 Å². The standard InChI is InChI=1S/C9H12BNO3/c12-6-9(2-3-9)8-5-7(10(13)14)1-4-11-8/h1,4-5,12-14H,2-3,6H2. The van der Waals surface area contributed by atoms with Crippen molar-refractivity contribution >= 4 is 12.6 Å². The predicted molar refractivity (Wildman–Crippen MR) is 52.1 cm³/mol. The molecule has 0 atom stereocenters. The molecule has 0 aromatic carbocycles. The SMILES string of the molecule is OCC1(c2cc(B(O)O)ccn2)CC1. The van der Waals surface area contributed by atoms with Crippen LogP contribution in [0.25, 0.3) is 0 Å². The second-order valence-corrected chi connectivity index (χ2v) is 3.79. The fraction of sp³-hybridized carbons (Fsp3) is 0.444. The zero-order valence-corrected chi connectivity index (χ0v) is 7.72. The second kappa shape index (κ2) is 3.35. The molecule has 2 rings (SSSR count). The monoisotopic (exact) mass is 193 g/mol. The van der Waals surface area contributed by atoms with Crippen LogP contribution in [0.1, 0.15) is 18.5 Å². The highest BCUT2D eigenvalue weighted by atomic mass is 16.4. The van der Waals surface area contributed by atoms with E-state index in [4.69, 9.17) is 10.0 Å². The first-order valence-electron chi connectivity index (χ1n) is 4.61. The van der Waals surface area contributed by atoms with Gasteiger partial charge in [0.25, 0.3) is 0 Å². The molecule has 1 aromatic rings. The summed E-state index contributed by atoms with van der Waals surface area (Å²) >= 11 is 0. The first kappa shape index (κ1) is 9.64. The lowest BCUT2D eigenvalue weighted by Crippen LogP contribution is -2.31. The van der Waals surface area contributed by atoms with Crippen molar-refractivity contribution in [1.29, 1.82) is 0 Å². The van der Waals surface area contributed by atoms with Gasteiger partial charge in [0.2, 0.25) is 0 Å². The summed E-state index contributed by atoms with van der Waals surface area (Å²) in [6, 6.07) is 3.20. The maximum Gasteiger partial charge on any atom is 0.488 e. The molecule has 3 N–H and O–H groups in total. The summed E-state index contributed by atoms with van der Waals surface area (Å²) in [4.78, 5) is 4.14. The minimum absolute atomic E-state index is 0.0744. The highest BCUT2D eigenvalue weighted by Crippen LogP contribution is 2.46. The summed E-state index contributed by atoms with van der Waals surface area (Å²) in [5.74, 6) is 0. The number of hydrogen-bond acceptors (Lipinski definition) is 4. The van der Waals surface area contributed by atoms with Gasteiger partial charge in [0.15, 0.2) is 0 Å². The first-order chi connectivity index (χ1) is 6.68. The second-order valence-electron chi connectivity index (χ2n) is 3.79. The molecule has 1 fully saturated rings. The van der Waals surface area contributed by atoms with Crippen LogP contribution >= 0.6 is 0 Å². The summed E-state index contributed by atoms with van der Waals surface area (Å²) in [6.45, 7) is 0.0744. The highest BCUT2D eigenvalue weighted by molar-refractivity contribution is 6.58. The molecule has 0 unspecified atom stereocenters. The molecular weight excluding hydrogens is 181 g/mol. The summed E-state index contributed by atoms with van der Waals surface area (Å²) in [6.07, 6.45) is 3.38. The quantitative estimate of drug-likeness (QED) is 0.526. The highest BCUT2D eigenvalue weighted by Gasteiger charge is 2.45. The molecule has 0 spiro atoms. The molecule has 1 aliphatic carbocycles. The summed E-state index contributed by atoms with van der Waals surface area (Å²) in [5.41, 5.74) is 0.963. The Balaban J connectivity index is 2.31. The average Bonchev–Trinajstić information content (AvgIpc) is 2.98. The molecule has 1 aromatic heterocycles. The van der Waals surface area contributed by atoms with Crippen molar-refractivity contribution in [2.75, 3.05) is 6.61 Å². The molecule has 1 heterocycles. The largest absolute Gasteiger partial charge is 0.488 e. The van der Waals surface area contributed by atoms with Crippen molar-refractivity contribution in [2.45, 2.75) is 18.3 Å². The Morgan fingerprint density at radius 2 is 2.14 bits per heavy atom. The van der Waals surface area contributed by atoms with Gasteiger partial charge in [-0.1, -0.05) is 0 Å². The van der Waals surface area contributed by atoms with Gasteiger partial charge in [0.05, 0.1) is 6.61 Å². The molecule has 0 amide bonds. The Hall–Kier alpha value is -0.905. The van der Waals surface area contributed by atoms with Gasteiger partial charge in [-0.3, -0.25) is 4.98 Å².